The first-order chi connectivity index (χ1) is 11.6. The van der Waals surface area contributed by atoms with Crippen molar-refractivity contribution in [2.75, 3.05) is 14.2 Å². The molecule has 3 aliphatic rings. The van der Waals surface area contributed by atoms with Crippen LogP contribution < -0.4 is 5.32 Å². The Bertz CT molecular complexity index is 688. The van der Waals surface area contributed by atoms with Gasteiger partial charge in [-0.3, -0.25) is 9.69 Å². The molecular weight excluding hydrogens is 353 g/mol. The fourth-order valence-electron chi connectivity index (χ4n) is 4.49. The lowest BCUT2D eigenvalue weighted by molar-refractivity contribution is -0.133. The second kappa shape index (κ2) is 5.81. The number of thiocarbonyl (C=S) groups is 1. The quantitative estimate of drug-likeness (QED) is 0.755. The Hall–Kier alpha value is -1.41. The molecule has 2 aliphatic carbocycles. The predicted molar refractivity (Wildman–Crippen MR) is 90.8 cm³/mol. The summed E-state index contributed by atoms with van der Waals surface area (Å²) in [5, 5.41) is 3.34. The number of carbonyl (C=O) groups excluding carboxylic acids is 1. The molecule has 138 valence electrons. The predicted octanol–water partition coefficient (Wildman–Crippen LogP) is 3.10. The normalized spacial score (nSPS) is 35.4. The Balaban J connectivity index is 2.22. The molecule has 3 unspecified atom stereocenters. The number of alkyl halides is 3. The van der Waals surface area contributed by atoms with Crippen LogP contribution in [0.25, 0.3) is 0 Å². The van der Waals surface area contributed by atoms with Crippen LogP contribution in [0.15, 0.2) is 23.3 Å². The van der Waals surface area contributed by atoms with Crippen LogP contribution in [0.1, 0.15) is 32.6 Å². The summed E-state index contributed by atoms with van der Waals surface area (Å²) in [7, 11) is 3.10. The molecule has 3 atom stereocenters. The molecule has 1 saturated heterocycles. The molecule has 0 aromatic carbocycles. The third-order valence-electron chi connectivity index (χ3n) is 5.76. The fraction of sp³-hybridized carbons (Fsp3) is 0.647. The number of halogens is 3. The van der Waals surface area contributed by atoms with Crippen molar-refractivity contribution in [3.05, 3.63) is 23.3 Å². The SMILES string of the molecule is CCC1=CC(C(F)(F)F)=CC2(CCC(OC)C2)C12NC(=S)N(C)C2=O. The van der Waals surface area contributed by atoms with Crippen molar-refractivity contribution in [1.29, 1.82) is 0 Å². The van der Waals surface area contributed by atoms with E-state index in [1.54, 1.807) is 21.1 Å². The molecule has 0 radical (unpaired) electrons. The minimum atomic E-state index is -4.46. The van der Waals surface area contributed by atoms with Crippen LogP contribution in [0.2, 0.25) is 0 Å². The first-order valence-electron chi connectivity index (χ1n) is 8.25. The van der Waals surface area contributed by atoms with Gasteiger partial charge < -0.3 is 10.1 Å². The van der Waals surface area contributed by atoms with E-state index < -0.39 is 22.7 Å². The summed E-state index contributed by atoms with van der Waals surface area (Å²) < 4.78 is 45.9. The Labute approximate surface area is 150 Å². The number of hydrogen-bond acceptors (Lipinski definition) is 3. The number of nitrogens with zero attached hydrogens (tertiary/aromatic N) is 1. The second-order valence-electron chi connectivity index (χ2n) is 6.92. The van der Waals surface area contributed by atoms with Crippen LogP contribution in [0, 0.1) is 5.41 Å². The highest BCUT2D eigenvalue weighted by atomic mass is 32.1. The van der Waals surface area contributed by atoms with Gasteiger partial charge >= 0.3 is 6.18 Å². The van der Waals surface area contributed by atoms with E-state index in [1.807, 2.05) is 0 Å². The van der Waals surface area contributed by atoms with E-state index in [0.717, 1.165) is 6.08 Å². The average molecular weight is 374 g/mol. The van der Waals surface area contributed by atoms with Gasteiger partial charge in [-0.05, 0) is 49.6 Å². The van der Waals surface area contributed by atoms with Gasteiger partial charge in [-0.2, -0.15) is 13.2 Å². The van der Waals surface area contributed by atoms with Crippen LogP contribution in [-0.2, 0) is 9.53 Å². The molecule has 25 heavy (non-hydrogen) atoms. The molecule has 0 aromatic rings. The summed E-state index contributed by atoms with van der Waals surface area (Å²) >= 11 is 5.25. The Morgan fingerprint density at radius 2 is 2.16 bits per heavy atom. The number of likely N-dealkylation sites (N-methyl/N-ethyl adjacent to an activating group) is 1. The number of ether oxygens (including phenoxy) is 1. The zero-order valence-corrected chi connectivity index (χ0v) is 15.2. The van der Waals surface area contributed by atoms with E-state index in [0.29, 0.717) is 31.3 Å². The van der Waals surface area contributed by atoms with Crippen LogP contribution in [0.3, 0.4) is 0 Å². The molecule has 1 N–H and O–H groups in total. The topological polar surface area (TPSA) is 41.6 Å². The smallest absolute Gasteiger partial charge is 0.381 e. The first-order valence-corrected chi connectivity index (χ1v) is 8.66. The van der Waals surface area contributed by atoms with Gasteiger partial charge in [0.1, 0.15) is 0 Å². The lowest BCUT2D eigenvalue weighted by atomic mass is 9.60. The number of nitrogens with one attached hydrogen (secondary N) is 1. The molecule has 1 aliphatic heterocycles. The number of allylic oxidation sites excluding steroid dienone is 2. The van der Waals surface area contributed by atoms with E-state index in [1.165, 1.54) is 11.0 Å². The molecule has 8 heteroatoms. The first kappa shape index (κ1) is 18.4. The Kier molecular flexibility index (Phi) is 4.27. The average Bonchev–Trinajstić information content (AvgIpc) is 3.06. The number of carbonyl (C=O) groups is 1. The second-order valence-corrected chi connectivity index (χ2v) is 7.31. The molecular formula is C17H21F3N2O2S. The summed E-state index contributed by atoms with van der Waals surface area (Å²) in [5.41, 5.74) is -2.53. The molecule has 4 nitrogen and oxygen atoms in total. The van der Waals surface area contributed by atoms with Gasteiger partial charge in [0.15, 0.2) is 10.7 Å². The lowest BCUT2D eigenvalue weighted by Gasteiger charge is -2.47. The van der Waals surface area contributed by atoms with Crippen molar-refractivity contribution < 1.29 is 22.7 Å². The number of hydrogen-bond donors (Lipinski definition) is 1. The summed E-state index contributed by atoms with van der Waals surface area (Å²) in [6, 6.07) is 0. The van der Waals surface area contributed by atoms with Gasteiger partial charge in [-0.1, -0.05) is 13.0 Å². The number of amides is 1. The van der Waals surface area contributed by atoms with E-state index in [-0.39, 0.29) is 17.1 Å². The summed E-state index contributed by atoms with van der Waals surface area (Å²) in [4.78, 5) is 14.5. The van der Waals surface area contributed by atoms with Gasteiger partial charge in [-0.15, -0.1) is 0 Å². The minimum absolute atomic E-state index is 0.187. The Morgan fingerprint density at radius 1 is 1.48 bits per heavy atom. The maximum absolute atomic E-state index is 13.5. The van der Waals surface area contributed by atoms with Crippen LogP contribution in [0.5, 0.6) is 0 Å². The molecule has 3 rings (SSSR count). The number of methoxy groups -OCH3 is 1. The molecule has 2 fully saturated rings. The number of fused-ring (bicyclic) bond motifs is 1. The van der Waals surface area contributed by atoms with Gasteiger partial charge in [-0.25, -0.2) is 0 Å². The summed E-state index contributed by atoms with van der Waals surface area (Å²) in [6.07, 6.45) is -0.616. The van der Waals surface area contributed by atoms with E-state index in [2.05, 4.69) is 5.32 Å². The van der Waals surface area contributed by atoms with Crippen LogP contribution in [0.4, 0.5) is 13.2 Å². The molecule has 0 bridgehead atoms. The highest BCUT2D eigenvalue weighted by Crippen LogP contribution is 2.57. The van der Waals surface area contributed by atoms with Gasteiger partial charge in [0.25, 0.3) is 5.91 Å². The molecule has 1 heterocycles. The van der Waals surface area contributed by atoms with Crippen molar-refractivity contribution in [2.45, 2.75) is 50.4 Å². The zero-order valence-electron chi connectivity index (χ0n) is 14.4. The van der Waals surface area contributed by atoms with E-state index in [4.69, 9.17) is 17.0 Å². The third-order valence-corrected chi connectivity index (χ3v) is 6.14. The monoisotopic (exact) mass is 374 g/mol. The maximum atomic E-state index is 13.5. The highest BCUT2D eigenvalue weighted by Gasteiger charge is 2.66. The highest BCUT2D eigenvalue weighted by molar-refractivity contribution is 7.80. The lowest BCUT2D eigenvalue weighted by Crippen LogP contribution is -2.61. The maximum Gasteiger partial charge on any atom is 0.416 e. The largest absolute Gasteiger partial charge is 0.416 e. The minimum Gasteiger partial charge on any atom is -0.381 e. The fourth-order valence-corrected chi connectivity index (χ4v) is 4.73. The van der Waals surface area contributed by atoms with Gasteiger partial charge in [0.05, 0.1) is 11.7 Å². The van der Waals surface area contributed by atoms with E-state index >= 15 is 0 Å². The zero-order chi connectivity index (χ0) is 18.6. The molecule has 0 aromatic heterocycles. The standard InChI is InChI=1S/C17H21F3N2O2S/c1-4-10-7-11(17(18,19)20)8-15(6-5-12(9-15)24-3)16(10)13(23)22(2)14(25)21-16/h7-8,12H,4-6,9H2,1-3H3,(H,21,25). The van der Waals surface area contributed by atoms with Crippen molar-refractivity contribution >= 4 is 23.2 Å². The van der Waals surface area contributed by atoms with E-state index in [9.17, 15) is 18.0 Å². The molecule has 1 amide bonds. The van der Waals surface area contributed by atoms with Crippen molar-refractivity contribution in [3.63, 3.8) is 0 Å². The summed E-state index contributed by atoms with van der Waals surface area (Å²) in [6.45, 7) is 1.76. The van der Waals surface area contributed by atoms with Crippen LogP contribution in [-0.4, -0.2) is 47.9 Å². The number of rotatable bonds is 2. The van der Waals surface area contributed by atoms with Crippen molar-refractivity contribution in [3.8, 4) is 0 Å². The van der Waals surface area contributed by atoms with Crippen LogP contribution >= 0.6 is 12.2 Å². The Morgan fingerprint density at radius 3 is 2.60 bits per heavy atom. The molecule has 1 saturated carbocycles. The van der Waals surface area contributed by atoms with Crippen molar-refractivity contribution in [2.24, 2.45) is 5.41 Å². The van der Waals surface area contributed by atoms with Gasteiger partial charge in [0.2, 0.25) is 0 Å². The van der Waals surface area contributed by atoms with Crippen molar-refractivity contribution in [1.82, 2.24) is 10.2 Å². The molecule has 2 spiro atoms. The summed E-state index contributed by atoms with van der Waals surface area (Å²) in [5.74, 6) is -0.292. The van der Waals surface area contributed by atoms with Gasteiger partial charge in [0, 0.05) is 19.6 Å². The third kappa shape index (κ3) is 2.44.